The molecule has 5 rings (SSSR count). The van der Waals surface area contributed by atoms with E-state index in [1.165, 1.54) is 4.90 Å². The Kier molecular flexibility index (Phi) is 4.84. The Bertz CT molecular complexity index is 1030. The molecule has 1 aromatic carbocycles. The van der Waals surface area contributed by atoms with Crippen molar-refractivity contribution in [2.75, 3.05) is 36.4 Å². The first-order valence-corrected chi connectivity index (χ1v) is 12.0. The monoisotopic (exact) mass is 426 g/mol. The van der Waals surface area contributed by atoms with Gasteiger partial charge in [0.15, 0.2) is 0 Å². The summed E-state index contributed by atoms with van der Waals surface area (Å²) < 4.78 is 0. The van der Waals surface area contributed by atoms with E-state index in [-0.39, 0.29) is 11.4 Å². The van der Waals surface area contributed by atoms with Gasteiger partial charge in [-0.15, -0.1) is 11.4 Å². The number of carbonyl (C=O) groups excluding carboxylic acids is 1. The number of nitrogens with zero attached hydrogens (tertiary/aromatic N) is 4. The van der Waals surface area contributed by atoms with Gasteiger partial charge in [0.1, 0.15) is 17.8 Å². The molecule has 150 valence electrons. The van der Waals surface area contributed by atoms with Gasteiger partial charge >= 0.3 is 0 Å². The summed E-state index contributed by atoms with van der Waals surface area (Å²) in [7, 11) is 2.64. The maximum absolute atomic E-state index is 13.0. The standard InChI is InChI=1S/C20H23N6OPS/c27-17(11-22-14-1-3-15(29-28)4-2-14)26-10-9-25(12-20(26)6-7-20)19-16-5-8-21-18(16)23-13-24-19/h1-5,8,13,22H,6-7,9-12,28H2,(H,21,23,24). The first-order valence-electron chi connectivity index (χ1n) is 9.73. The molecule has 29 heavy (non-hydrogen) atoms. The summed E-state index contributed by atoms with van der Waals surface area (Å²) in [6.07, 6.45) is 5.61. The minimum Gasteiger partial charge on any atom is -0.376 e. The predicted octanol–water partition coefficient (Wildman–Crippen LogP) is 3.13. The average Bonchev–Trinajstić information content (AvgIpc) is 3.34. The third-order valence-corrected chi connectivity index (χ3v) is 7.21. The van der Waals surface area contributed by atoms with E-state index >= 15 is 0 Å². The van der Waals surface area contributed by atoms with Crippen LogP contribution in [0.1, 0.15) is 12.8 Å². The molecule has 9 heteroatoms. The number of hydrogen-bond donors (Lipinski definition) is 2. The third-order valence-electron chi connectivity index (χ3n) is 5.85. The highest BCUT2D eigenvalue weighted by Gasteiger charge is 2.53. The lowest BCUT2D eigenvalue weighted by atomic mass is 10.1. The van der Waals surface area contributed by atoms with Crippen LogP contribution in [0, 0.1) is 0 Å². The van der Waals surface area contributed by atoms with Gasteiger partial charge in [0.25, 0.3) is 0 Å². The van der Waals surface area contributed by atoms with Crippen LogP contribution in [-0.2, 0) is 4.79 Å². The van der Waals surface area contributed by atoms with E-state index in [0.717, 1.165) is 55.0 Å². The van der Waals surface area contributed by atoms with Crippen LogP contribution in [0.15, 0.2) is 47.8 Å². The van der Waals surface area contributed by atoms with E-state index in [1.807, 2.05) is 24.4 Å². The summed E-state index contributed by atoms with van der Waals surface area (Å²) in [6.45, 7) is 2.66. The lowest BCUT2D eigenvalue weighted by Gasteiger charge is -2.43. The van der Waals surface area contributed by atoms with Crippen LogP contribution in [0.3, 0.4) is 0 Å². The summed E-state index contributed by atoms with van der Waals surface area (Å²) in [5.74, 6) is 1.13. The Hall–Kier alpha value is -2.31. The lowest BCUT2D eigenvalue weighted by Crippen LogP contribution is -2.58. The average molecular weight is 426 g/mol. The number of amides is 1. The number of carbonyl (C=O) groups is 1. The van der Waals surface area contributed by atoms with Crippen LogP contribution in [0.5, 0.6) is 0 Å². The molecule has 2 aromatic heterocycles. The van der Waals surface area contributed by atoms with Crippen molar-refractivity contribution in [1.82, 2.24) is 19.9 Å². The fourth-order valence-electron chi connectivity index (χ4n) is 4.16. The summed E-state index contributed by atoms with van der Waals surface area (Å²) in [6, 6.07) is 10.2. The first kappa shape index (κ1) is 18.7. The minimum atomic E-state index is -0.0511. The largest absolute Gasteiger partial charge is 0.376 e. The van der Waals surface area contributed by atoms with Crippen molar-refractivity contribution in [2.45, 2.75) is 23.3 Å². The zero-order valence-electron chi connectivity index (χ0n) is 16.0. The van der Waals surface area contributed by atoms with Gasteiger partial charge in [0, 0.05) is 36.4 Å². The van der Waals surface area contributed by atoms with Gasteiger partial charge in [-0.25, -0.2) is 9.97 Å². The lowest BCUT2D eigenvalue weighted by molar-refractivity contribution is -0.132. The van der Waals surface area contributed by atoms with Crippen LogP contribution >= 0.6 is 19.8 Å². The van der Waals surface area contributed by atoms with Crippen LogP contribution < -0.4 is 10.2 Å². The molecule has 2 fully saturated rings. The van der Waals surface area contributed by atoms with Crippen molar-refractivity contribution in [3.63, 3.8) is 0 Å². The van der Waals surface area contributed by atoms with Gasteiger partial charge < -0.3 is 20.1 Å². The van der Waals surface area contributed by atoms with Crippen molar-refractivity contribution in [1.29, 1.82) is 0 Å². The van der Waals surface area contributed by atoms with Crippen LogP contribution in [0.4, 0.5) is 11.5 Å². The summed E-state index contributed by atoms with van der Waals surface area (Å²) >= 11 is 1.63. The van der Waals surface area contributed by atoms with E-state index in [0.29, 0.717) is 6.54 Å². The molecule has 1 saturated heterocycles. The van der Waals surface area contributed by atoms with Crippen molar-refractivity contribution in [2.24, 2.45) is 0 Å². The second kappa shape index (κ2) is 7.50. The quantitative estimate of drug-likeness (QED) is 0.611. The maximum atomic E-state index is 13.0. The van der Waals surface area contributed by atoms with Gasteiger partial charge in [-0.1, -0.05) is 8.44 Å². The van der Waals surface area contributed by atoms with Crippen molar-refractivity contribution < 1.29 is 4.79 Å². The number of H-pyrrole nitrogens is 1. The van der Waals surface area contributed by atoms with Gasteiger partial charge in [0.05, 0.1) is 17.5 Å². The third kappa shape index (κ3) is 3.55. The zero-order valence-corrected chi connectivity index (χ0v) is 17.9. The zero-order chi connectivity index (χ0) is 19.8. The highest BCUT2D eigenvalue weighted by molar-refractivity contribution is 8.43. The maximum Gasteiger partial charge on any atom is 0.242 e. The highest BCUT2D eigenvalue weighted by Crippen LogP contribution is 2.45. The van der Waals surface area contributed by atoms with Crippen LogP contribution in [0.25, 0.3) is 11.0 Å². The number of fused-ring (bicyclic) bond motifs is 1. The first-order chi connectivity index (χ1) is 14.2. The summed E-state index contributed by atoms with van der Waals surface area (Å²) in [4.78, 5) is 30.5. The smallest absolute Gasteiger partial charge is 0.242 e. The van der Waals surface area contributed by atoms with Gasteiger partial charge in [-0.3, -0.25) is 4.79 Å². The normalized spacial score (nSPS) is 17.7. The van der Waals surface area contributed by atoms with E-state index in [2.05, 4.69) is 50.6 Å². The topological polar surface area (TPSA) is 77.2 Å². The number of aromatic nitrogens is 3. The number of nitrogens with one attached hydrogen (secondary N) is 2. The number of aromatic amines is 1. The molecule has 3 aromatic rings. The molecule has 0 bridgehead atoms. The molecule has 1 aliphatic carbocycles. The molecular formula is C20H23N6OPS. The molecule has 7 nitrogen and oxygen atoms in total. The minimum absolute atomic E-state index is 0.0511. The number of rotatable bonds is 5. The molecule has 1 amide bonds. The second-order valence-electron chi connectivity index (χ2n) is 7.62. The molecule has 3 heterocycles. The molecule has 1 saturated carbocycles. The van der Waals surface area contributed by atoms with E-state index in [9.17, 15) is 4.79 Å². The SMILES string of the molecule is O=C(CNc1ccc(SP)cc1)N1CCN(c2ncnc3[nH]ccc23)CC12CC2. The van der Waals surface area contributed by atoms with Gasteiger partial charge in [-0.05, 0) is 43.2 Å². The Morgan fingerprint density at radius 1 is 1.21 bits per heavy atom. The molecular weight excluding hydrogens is 403 g/mol. The van der Waals surface area contributed by atoms with Crippen LogP contribution in [0.2, 0.25) is 0 Å². The summed E-state index contributed by atoms with van der Waals surface area (Å²) in [5.41, 5.74) is 1.78. The number of benzene rings is 1. The van der Waals surface area contributed by atoms with E-state index in [4.69, 9.17) is 0 Å². The highest BCUT2D eigenvalue weighted by atomic mass is 32.7. The van der Waals surface area contributed by atoms with Crippen molar-refractivity contribution >= 4 is 48.3 Å². The molecule has 1 unspecified atom stereocenters. The molecule has 2 aliphatic rings. The second-order valence-corrected chi connectivity index (χ2v) is 9.04. The summed E-state index contributed by atoms with van der Waals surface area (Å²) in [5, 5.41) is 4.32. The number of hydrogen-bond acceptors (Lipinski definition) is 6. The van der Waals surface area contributed by atoms with Gasteiger partial charge in [0.2, 0.25) is 5.91 Å². The molecule has 1 atom stereocenters. The predicted molar refractivity (Wildman–Crippen MR) is 120 cm³/mol. The molecule has 2 N–H and O–H groups in total. The molecule has 0 radical (unpaired) electrons. The molecule has 1 spiro atoms. The van der Waals surface area contributed by atoms with Crippen molar-refractivity contribution in [3.05, 3.63) is 42.9 Å². The molecule has 1 aliphatic heterocycles. The van der Waals surface area contributed by atoms with Gasteiger partial charge in [-0.2, -0.15) is 0 Å². The van der Waals surface area contributed by atoms with Crippen LogP contribution in [-0.4, -0.2) is 57.5 Å². The fourth-order valence-corrected chi connectivity index (χ4v) is 4.92. The Labute approximate surface area is 175 Å². The number of anilines is 2. The Balaban J connectivity index is 1.26. The Morgan fingerprint density at radius 2 is 2.03 bits per heavy atom. The van der Waals surface area contributed by atoms with E-state index in [1.54, 1.807) is 17.7 Å². The van der Waals surface area contributed by atoms with E-state index < -0.39 is 0 Å². The fraction of sp³-hybridized carbons (Fsp3) is 0.350. The number of piperazine rings is 1. The van der Waals surface area contributed by atoms with Crippen molar-refractivity contribution in [3.8, 4) is 0 Å². The Morgan fingerprint density at radius 3 is 2.79 bits per heavy atom.